The van der Waals surface area contributed by atoms with Crippen molar-refractivity contribution >= 4 is 18.3 Å². The highest BCUT2D eigenvalue weighted by Crippen LogP contribution is 2.05. The average Bonchev–Trinajstić information content (AvgIpc) is 2.03. The summed E-state index contributed by atoms with van der Waals surface area (Å²) < 4.78 is 0. The van der Waals surface area contributed by atoms with Crippen LogP contribution in [0.2, 0.25) is 0 Å². The standard InChI is InChI=1S/C9H19N3O.ClH/c1-7(10)5-9(13)12-4-3-11-6-8(12)2;/h7-8,11H,3-6,10H2,1-2H3;1H. The lowest BCUT2D eigenvalue weighted by Gasteiger charge is -2.34. The van der Waals surface area contributed by atoms with Crippen LogP contribution in [0.15, 0.2) is 0 Å². The van der Waals surface area contributed by atoms with E-state index in [9.17, 15) is 4.79 Å². The summed E-state index contributed by atoms with van der Waals surface area (Å²) >= 11 is 0. The number of nitrogens with zero attached hydrogens (tertiary/aromatic N) is 1. The molecule has 84 valence electrons. The van der Waals surface area contributed by atoms with Crippen LogP contribution in [0, 0.1) is 0 Å². The molecule has 0 aliphatic carbocycles. The number of nitrogens with two attached hydrogens (primary N) is 1. The van der Waals surface area contributed by atoms with Gasteiger partial charge in [-0.3, -0.25) is 4.79 Å². The lowest BCUT2D eigenvalue weighted by atomic mass is 10.1. The van der Waals surface area contributed by atoms with E-state index in [2.05, 4.69) is 12.2 Å². The Morgan fingerprint density at radius 1 is 1.71 bits per heavy atom. The largest absolute Gasteiger partial charge is 0.337 e. The van der Waals surface area contributed by atoms with Gasteiger partial charge in [0.1, 0.15) is 0 Å². The van der Waals surface area contributed by atoms with Crippen molar-refractivity contribution in [3.05, 3.63) is 0 Å². The lowest BCUT2D eigenvalue weighted by molar-refractivity contribution is -0.134. The molecule has 1 aliphatic rings. The summed E-state index contributed by atoms with van der Waals surface area (Å²) in [6.45, 7) is 6.53. The number of halogens is 1. The fourth-order valence-electron chi connectivity index (χ4n) is 1.60. The Bertz CT molecular complexity index is 187. The minimum Gasteiger partial charge on any atom is -0.337 e. The summed E-state index contributed by atoms with van der Waals surface area (Å²) in [4.78, 5) is 13.6. The number of rotatable bonds is 2. The smallest absolute Gasteiger partial charge is 0.224 e. The summed E-state index contributed by atoms with van der Waals surface area (Å²) in [7, 11) is 0. The second-order valence-electron chi connectivity index (χ2n) is 3.82. The third-order valence-electron chi connectivity index (χ3n) is 2.32. The van der Waals surface area contributed by atoms with Crippen molar-refractivity contribution in [2.45, 2.75) is 32.4 Å². The molecular weight excluding hydrogens is 202 g/mol. The SMILES string of the molecule is CC(N)CC(=O)N1CCNCC1C.Cl. The highest BCUT2D eigenvalue weighted by molar-refractivity contribution is 5.85. The van der Waals surface area contributed by atoms with Gasteiger partial charge in [-0.25, -0.2) is 0 Å². The van der Waals surface area contributed by atoms with Crippen LogP contribution in [0.3, 0.4) is 0 Å². The molecule has 0 bridgehead atoms. The highest BCUT2D eigenvalue weighted by atomic mass is 35.5. The first-order chi connectivity index (χ1) is 6.11. The number of piperazine rings is 1. The van der Waals surface area contributed by atoms with Crippen molar-refractivity contribution in [3.8, 4) is 0 Å². The second kappa shape index (κ2) is 6.22. The first-order valence-corrected chi connectivity index (χ1v) is 4.87. The zero-order chi connectivity index (χ0) is 9.84. The Hall–Kier alpha value is -0.320. The fourth-order valence-corrected chi connectivity index (χ4v) is 1.60. The van der Waals surface area contributed by atoms with Gasteiger partial charge in [0.05, 0.1) is 0 Å². The van der Waals surface area contributed by atoms with Gasteiger partial charge in [-0.1, -0.05) is 0 Å². The normalized spacial score (nSPS) is 23.9. The molecule has 0 spiro atoms. The van der Waals surface area contributed by atoms with Crippen LogP contribution in [0.4, 0.5) is 0 Å². The molecule has 5 heteroatoms. The molecule has 0 aromatic heterocycles. The van der Waals surface area contributed by atoms with Gasteiger partial charge in [-0.05, 0) is 13.8 Å². The predicted octanol–water partition coefficient (Wildman–Crippen LogP) is -0.0342. The molecule has 0 aromatic carbocycles. The number of amides is 1. The molecule has 1 heterocycles. The monoisotopic (exact) mass is 221 g/mol. The molecule has 2 unspecified atom stereocenters. The number of hydrogen-bond donors (Lipinski definition) is 2. The first kappa shape index (κ1) is 13.7. The van der Waals surface area contributed by atoms with Crippen LogP contribution in [0.1, 0.15) is 20.3 Å². The molecule has 4 nitrogen and oxygen atoms in total. The zero-order valence-corrected chi connectivity index (χ0v) is 9.64. The molecule has 1 saturated heterocycles. The molecule has 14 heavy (non-hydrogen) atoms. The lowest BCUT2D eigenvalue weighted by Crippen LogP contribution is -2.52. The van der Waals surface area contributed by atoms with E-state index in [1.54, 1.807) is 0 Å². The summed E-state index contributed by atoms with van der Waals surface area (Å²) in [5.74, 6) is 0.184. The fraction of sp³-hybridized carbons (Fsp3) is 0.889. The Kier molecular flexibility index (Phi) is 6.08. The van der Waals surface area contributed by atoms with Gasteiger partial charge in [0.25, 0.3) is 0 Å². The van der Waals surface area contributed by atoms with E-state index < -0.39 is 0 Å². The molecule has 2 atom stereocenters. The molecule has 0 saturated carbocycles. The summed E-state index contributed by atoms with van der Waals surface area (Å²) in [5.41, 5.74) is 5.58. The van der Waals surface area contributed by atoms with Crippen molar-refractivity contribution in [1.82, 2.24) is 10.2 Å². The average molecular weight is 222 g/mol. The number of carbonyl (C=O) groups is 1. The van der Waals surface area contributed by atoms with E-state index >= 15 is 0 Å². The van der Waals surface area contributed by atoms with E-state index in [0.717, 1.165) is 19.6 Å². The van der Waals surface area contributed by atoms with Crippen molar-refractivity contribution < 1.29 is 4.79 Å². The van der Waals surface area contributed by atoms with Crippen molar-refractivity contribution in [1.29, 1.82) is 0 Å². The Morgan fingerprint density at radius 2 is 2.36 bits per heavy atom. The van der Waals surface area contributed by atoms with Crippen LogP contribution in [0.5, 0.6) is 0 Å². The van der Waals surface area contributed by atoms with Crippen LogP contribution in [0.25, 0.3) is 0 Å². The highest BCUT2D eigenvalue weighted by Gasteiger charge is 2.22. The molecule has 1 rings (SSSR count). The van der Waals surface area contributed by atoms with Gasteiger partial charge in [0, 0.05) is 38.1 Å². The maximum Gasteiger partial charge on any atom is 0.224 e. The summed E-state index contributed by atoms with van der Waals surface area (Å²) in [6.07, 6.45) is 0.463. The van der Waals surface area contributed by atoms with Gasteiger partial charge < -0.3 is 16.0 Å². The van der Waals surface area contributed by atoms with Gasteiger partial charge >= 0.3 is 0 Å². The third-order valence-corrected chi connectivity index (χ3v) is 2.32. The van der Waals surface area contributed by atoms with Crippen LogP contribution in [-0.4, -0.2) is 42.5 Å². The topological polar surface area (TPSA) is 58.4 Å². The molecule has 3 N–H and O–H groups in total. The van der Waals surface area contributed by atoms with Gasteiger partial charge in [-0.15, -0.1) is 12.4 Å². The molecular formula is C9H20ClN3O. The molecule has 1 amide bonds. The molecule has 1 fully saturated rings. The van der Waals surface area contributed by atoms with Crippen molar-refractivity contribution in [3.63, 3.8) is 0 Å². The van der Waals surface area contributed by atoms with Crippen LogP contribution < -0.4 is 11.1 Å². The maximum atomic E-state index is 11.6. The van der Waals surface area contributed by atoms with Crippen molar-refractivity contribution in [2.24, 2.45) is 5.73 Å². The van der Waals surface area contributed by atoms with Gasteiger partial charge in [0.2, 0.25) is 5.91 Å². The van der Waals surface area contributed by atoms with Crippen LogP contribution >= 0.6 is 12.4 Å². The molecule has 1 aliphatic heterocycles. The maximum absolute atomic E-state index is 11.6. The van der Waals surface area contributed by atoms with E-state index in [1.807, 2.05) is 11.8 Å². The van der Waals surface area contributed by atoms with Gasteiger partial charge in [-0.2, -0.15) is 0 Å². The van der Waals surface area contributed by atoms with Crippen LogP contribution in [-0.2, 0) is 4.79 Å². The minimum atomic E-state index is -0.0328. The second-order valence-corrected chi connectivity index (χ2v) is 3.82. The predicted molar refractivity (Wildman–Crippen MR) is 59.6 cm³/mol. The zero-order valence-electron chi connectivity index (χ0n) is 8.82. The van der Waals surface area contributed by atoms with E-state index in [0.29, 0.717) is 12.5 Å². The first-order valence-electron chi connectivity index (χ1n) is 4.87. The Balaban J connectivity index is 0.00000169. The number of hydrogen-bond acceptors (Lipinski definition) is 3. The third kappa shape index (κ3) is 3.82. The molecule has 0 aromatic rings. The Morgan fingerprint density at radius 3 is 2.86 bits per heavy atom. The number of nitrogens with one attached hydrogen (secondary N) is 1. The Labute approximate surface area is 91.6 Å². The van der Waals surface area contributed by atoms with E-state index in [4.69, 9.17) is 5.73 Å². The summed E-state index contributed by atoms with van der Waals surface area (Å²) in [6, 6.07) is 0.273. The van der Waals surface area contributed by atoms with E-state index in [1.165, 1.54) is 0 Å². The molecule has 0 radical (unpaired) electrons. The van der Waals surface area contributed by atoms with E-state index in [-0.39, 0.29) is 24.4 Å². The summed E-state index contributed by atoms with van der Waals surface area (Å²) in [5, 5.41) is 3.25. The quantitative estimate of drug-likeness (QED) is 0.689. The van der Waals surface area contributed by atoms with Crippen molar-refractivity contribution in [2.75, 3.05) is 19.6 Å². The number of carbonyl (C=O) groups excluding carboxylic acids is 1. The minimum absolute atomic E-state index is 0. The van der Waals surface area contributed by atoms with Gasteiger partial charge in [0.15, 0.2) is 0 Å².